The number of carbonyl (C=O) groups excluding carboxylic acids is 1. The SMILES string of the molecule is CC1(C(=O)O)CCN(C(=O)Nc2ccc(Oc3ccnc(C#N)c3)cc2)C1. The monoisotopic (exact) mass is 366 g/mol. The second-order valence-electron chi connectivity index (χ2n) is 6.58. The lowest BCUT2D eigenvalue weighted by molar-refractivity contribution is -0.146. The highest BCUT2D eigenvalue weighted by Gasteiger charge is 2.42. The standard InChI is InChI=1S/C19H18N4O4/c1-19(17(24)25)7-9-23(12-19)18(26)22-13-2-4-15(5-3-13)27-16-6-8-21-14(10-16)11-20/h2-6,8,10H,7,9,12H2,1H3,(H,22,26)(H,24,25). The molecule has 3 rings (SSSR count). The third kappa shape index (κ3) is 4.15. The lowest BCUT2D eigenvalue weighted by Gasteiger charge is -2.20. The normalized spacial score (nSPS) is 18.6. The zero-order valence-electron chi connectivity index (χ0n) is 14.7. The van der Waals surface area contributed by atoms with E-state index in [0.717, 1.165) is 0 Å². The molecule has 1 aliphatic heterocycles. The van der Waals surface area contributed by atoms with Gasteiger partial charge in [-0.15, -0.1) is 0 Å². The highest BCUT2D eigenvalue weighted by Crippen LogP contribution is 2.30. The molecule has 1 saturated heterocycles. The van der Waals surface area contributed by atoms with Crippen molar-refractivity contribution in [3.63, 3.8) is 0 Å². The number of aliphatic carboxylic acids is 1. The van der Waals surface area contributed by atoms with Crippen LogP contribution in [0.1, 0.15) is 19.0 Å². The predicted molar refractivity (Wildman–Crippen MR) is 96.4 cm³/mol. The molecule has 2 amide bonds. The van der Waals surface area contributed by atoms with Crippen molar-refractivity contribution in [2.45, 2.75) is 13.3 Å². The first-order chi connectivity index (χ1) is 12.9. The summed E-state index contributed by atoms with van der Waals surface area (Å²) >= 11 is 0. The second-order valence-corrected chi connectivity index (χ2v) is 6.58. The van der Waals surface area contributed by atoms with Crippen LogP contribution >= 0.6 is 0 Å². The van der Waals surface area contributed by atoms with Gasteiger partial charge in [0.05, 0.1) is 5.41 Å². The van der Waals surface area contributed by atoms with E-state index < -0.39 is 11.4 Å². The van der Waals surface area contributed by atoms with Gasteiger partial charge in [0.15, 0.2) is 0 Å². The molecule has 0 saturated carbocycles. The van der Waals surface area contributed by atoms with Crippen molar-refractivity contribution < 1.29 is 19.4 Å². The van der Waals surface area contributed by atoms with E-state index in [1.165, 1.54) is 17.2 Å². The second kappa shape index (κ2) is 7.33. The van der Waals surface area contributed by atoms with Crippen molar-refractivity contribution in [2.75, 3.05) is 18.4 Å². The van der Waals surface area contributed by atoms with Gasteiger partial charge in [0.1, 0.15) is 23.3 Å². The van der Waals surface area contributed by atoms with Gasteiger partial charge in [-0.25, -0.2) is 9.78 Å². The number of ether oxygens (including phenoxy) is 1. The highest BCUT2D eigenvalue weighted by atomic mass is 16.5. The Morgan fingerprint density at radius 3 is 2.67 bits per heavy atom. The number of hydrogen-bond acceptors (Lipinski definition) is 5. The molecule has 138 valence electrons. The number of hydrogen-bond donors (Lipinski definition) is 2. The minimum absolute atomic E-state index is 0.179. The number of carbonyl (C=O) groups is 2. The van der Waals surface area contributed by atoms with Crippen LogP contribution in [0.5, 0.6) is 11.5 Å². The number of nitriles is 1. The number of nitrogens with one attached hydrogen (secondary N) is 1. The summed E-state index contributed by atoms with van der Waals surface area (Å²) in [6.45, 7) is 2.23. The van der Waals surface area contributed by atoms with E-state index in [4.69, 9.17) is 10.00 Å². The Balaban J connectivity index is 1.60. The van der Waals surface area contributed by atoms with Crippen molar-refractivity contribution in [3.8, 4) is 17.6 Å². The summed E-state index contributed by atoms with van der Waals surface area (Å²) in [5.74, 6) is 0.140. The van der Waals surface area contributed by atoms with Crippen LogP contribution in [0.25, 0.3) is 0 Å². The molecule has 0 spiro atoms. The summed E-state index contributed by atoms with van der Waals surface area (Å²) in [6, 6.07) is 11.5. The maximum Gasteiger partial charge on any atom is 0.321 e. The summed E-state index contributed by atoms with van der Waals surface area (Å²) in [5.41, 5.74) is -0.0685. The Bertz CT molecular complexity index is 907. The van der Waals surface area contributed by atoms with Gasteiger partial charge in [-0.3, -0.25) is 4.79 Å². The smallest absolute Gasteiger partial charge is 0.321 e. The molecule has 8 nitrogen and oxygen atoms in total. The third-order valence-electron chi connectivity index (χ3n) is 4.46. The average Bonchev–Trinajstić information content (AvgIpc) is 3.07. The van der Waals surface area contributed by atoms with E-state index in [9.17, 15) is 14.7 Å². The molecule has 1 aromatic heterocycles. The van der Waals surface area contributed by atoms with E-state index >= 15 is 0 Å². The molecule has 1 aromatic carbocycles. The summed E-state index contributed by atoms with van der Waals surface area (Å²) in [5, 5.41) is 20.9. The van der Waals surface area contributed by atoms with Gasteiger partial charge >= 0.3 is 12.0 Å². The van der Waals surface area contributed by atoms with E-state index in [1.807, 2.05) is 6.07 Å². The highest BCUT2D eigenvalue weighted by molar-refractivity contribution is 5.90. The van der Waals surface area contributed by atoms with Crippen molar-refractivity contribution in [1.82, 2.24) is 9.88 Å². The summed E-state index contributed by atoms with van der Waals surface area (Å²) in [6.07, 6.45) is 1.92. The van der Waals surface area contributed by atoms with Crippen molar-refractivity contribution in [2.24, 2.45) is 5.41 Å². The zero-order valence-corrected chi connectivity index (χ0v) is 14.7. The third-order valence-corrected chi connectivity index (χ3v) is 4.46. The first kappa shape index (κ1) is 18.2. The quantitative estimate of drug-likeness (QED) is 0.859. The Kier molecular flexibility index (Phi) is 4.94. The first-order valence-electron chi connectivity index (χ1n) is 8.33. The predicted octanol–water partition coefficient (Wildman–Crippen LogP) is 3.07. The number of benzene rings is 1. The Morgan fingerprint density at radius 1 is 1.30 bits per heavy atom. The first-order valence-corrected chi connectivity index (χ1v) is 8.33. The lowest BCUT2D eigenvalue weighted by Crippen LogP contribution is -2.37. The number of pyridine rings is 1. The average molecular weight is 366 g/mol. The van der Waals surface area contributed by atoms with Gasteiger partial charge in [-0.1, -0.05) is 0 Å². The number of likely N-dealkylation sites (tertiary alicyclic amines) is 1. The Labute approximate surface area is 156 Å². The van der Waals surface area contributed by atoms with Gasteiger partial charge in [-0.05, 0) is 43.7 Å². The maximum atomic E-state index is 12.3. The molecule has 2 aromatic rings. The van der Waals surface area contributed by atoms with Gasteiger partial charge in [-0.2, -0.15) is 5.26 Å². The number of rotatable bonds is 4. The molecule has 1 atom stereocenters. The fourth-order valence-electron chi connectivity index (χ4n) is 2.79. The van der Waals surface area contributed by atoms with E-state index in [-0.39, 0.29) is 18.3 Å². The molecule has 1 fully saturated rings. The number of carboxylic acid groups (broad SMARTS) is 1. The molecular formula is C19H18N4O4. The fraction of sp³-hybridized carbons (Fsp3) is 0.263. The zero-order chi connectivity index (χ0) is 19.4. The van der Waals surface area contributed by atoms with Crippen LogP contribution < -0.4 is 10.1 Å². The van der Waals surface area contributed by atoms with Crippen LogP contribution in [0.2, 0.25) is 0 Å². The Morgan fingerprint density at radius 2 is 2.04 bits per heavy atom. The van der Waals surface area contributed by atoms with Crippen LogP contribution in [0.4, 0.5) is 10.5 Å². The van der Waals surface area contributed by atoms with Gasteiger partial charge in [0, 0.05) is 31.0 Å². The topological polar surface area (TPSA) is 116 Å². The van der Waals surface area contributed by atoms with Crippen molar-refractivity contribution >= 4 is 17.7 Å². The summed E-state index contributed by atoms with van der Waals surface area (Å²) in [7, 11) is 0. The summed E-state index contributed by atoms with van der Waals surface area (Å²) in [4.78, 5) is 29.0. The molecule has 8 heteroatoms. The minimum atomic E-state index is -0.901. The van der Waals surface area contributed by atoms with Crippen LogP contribution in [0.3, 0.4) is 0 Å². The molecule has 2 N–H and O–H groups in total. The van der Waals surface area contributed by atoms with Crippen molar-refractivity contribution in [3.05, 3.63) is 48.3 Å². The van der Waals surface area contributed by atoms with E-state index in [2.05, 4.69) is 10.3 Å². The molecule has 0 radical (unpaired) electrons. The number of anilines is 1. The molecule has 2 heterocycles. The van der Waals surface area contributed by atoms with Crippen LogP contribution in [0, 0.1) is 16.7 Å². The van der Waals surface area contributed by atoms with Crippen LogP contribution in [-0.2, 0) is 4.79 Å². The van der Waals surface area contributed by atoms with Gasteiger partial charge < -0.3 is 20.1 Å². The molecular weight excluding hydrogens is 348 g/mol. The number of aromatic nitrogens is 1. The Hall–Kier alpha value is -3.60. The van der Waals surface area contributed by atoms with E-state index in [0.29, 0.717) is 30.2 Å². The largest absolute Gasteiger partial charge is 0.481 e. The number of urea groups is 1. The molecule has 27 heavy (non-hydrogen) atoms. The van der Waals surface area contributed by atoms with Gasteiger partial charge in [0.2, 0.25) is 0 Å². The number of nitrogens with zero attached hydrogens (tertiary/aromatic N) is 3. The molecule has 1 aliphatic rings. The fourth-order valence-corrected chi connectivity index (χ4v) is 2.79. The molecule has 0 bridgehead atoms. The van der Waals surface area contributed by atoms with E-state index in [1.54, 1.807) is 37.3 Å². The molecule has 1 unspecified atom stereocenters. The molecule has 0 aliphatic carbocycles. The van der Waals surface area contributed by atoms with Crippen molar-refractivity contribution in [1.29, 1.82) is 5.26 Å². The number of amides is 2. The van der Waals surface area contributed by atoms with Crippen LogP contribution in [0.15, 0.2) is 42.6 Å². The van der Waals surface area contributed by atoms with Gasteiger partial charge in [0.25, 0.3) is 0 Å². The summed E-state index contributed by atoms with van der Waals surface area (Å²) < 4.78 is 5.65. The lowest BCUT2D eigenvalue weighted by atomic mass is 9.90. The number of carboxylic acids is 1. The van der Waals surface area contributed by atoms with Crippen LogP contribution in [-0.4, -0.2) is 40.1 Å². The minimum Gasteiger partial charge on any atom is -0.481 e. The maximum absolute atomic E-state index is 12.3.